The molecule has 0 fully saturated rings. The maximum Gasteiger partial charge on any atom is 0.115 e. The van der Waals surface area contributed by atoms with E-state index in [4.69, 9.17) is 5.11 Å². The molecular weight excluding hydrogens is 256 g/mol. The van der Waals surface area contributed by atoms with Gasteiger partial charge in [0.2, 0.25) is 0 Å². The Morgan fingerprint density at radius 3 is 1.62 bits per heavy atom. The summed E-state index contributed by atoms with van der Waals surface area (Å²) in [6.07, 6.45) is 0. The third-order valence-electron chi connectivity index (χ3n) is 3.37. The molecule has 1 heteroatoms. The molecule has 0 radical (unpaired) electrons. The van der Waals surface area contributed by atoms with Crippen LogP contribution in [0.1, 0.15) is 11.1 Å². The molecule has 3 rings (SSSR count). The van der Waals surface area contributed by atoms with Crippen molar-refractivity contribution in [3.63, 3.8) is 0 Å². The van der Waals surface area contributed by atoms with Gasteiger partial charge in [0.1, 0.15) is 5.75 Å². The molecular formula is C20H20O. The van der Waals surface area contributed by atoms with Crippen LogP contribution in [0.15, 0.2) is 78.9 Å². The number of benzene rings is 3. The minimum atomic E-state index is 0.322. The predicted octanol–water partition coefficient (Wildman–Crippen LogP) is 5.36. The van der Waals surface area contributed by atoms with Gasteiger partial charge in [-0.15, -0.1) is 0 Å². The molecule has 0 spiro atoms. The maximum atomic E-state index is 8.63. The van der Waals surface area contributed by atoms with Gasteiger partial charge in [0.05, 0.1) is 0 Å². The predicted molar refractivity (Wildman–Crippen MR) is 89.5 cm³/mol. The molecule has 0 bridgehead atoms. The van der Waals surface area contributed by atoms with Crippen molar-refractivity contribution >= 4 is 0 Å². The first-order valence-electron chi connectivity index (χ1n) is 7.03. The van der Waals surface area contributed by atoms with E-state index in [1.54, 1.807) is 24.3 Å². The van der Waals surface area contributed by atoms with Crippen molar-refractivity contribution in [2.45, 2.75) is 13.8 Å². The average Bonchev–Trinajstić information content (AvgIpc) is 2.52. The summed E-state index contributed by atoms with van der Waals surface area (Å²) in [5.74, 6) is 0.322. The van der Waals surface area contributed by atoms with Crippen LogP contribution in [0, 0.1) is 13.8 Å². The highest BCUT2D eigenvalue weighted by molar-refractivity contribution is 5.64. The lowest BCUT2D eigenvalue weighted by Gasteiger charge is -2.04. The van der Waals surface area contributed by atoms with Gasteiger partial charge in [-0.2, -0.15) is 0 Å². The number of hydrogen-bond acceptors (Lipinski definition) is 1. The van der Waals surface area contributed by atoms with E-state index in [-0.39, 0.29) is 0 Å². The summed E-state index contributed by atoms with van der Waals surface area (Å²) in [6, 6.07) is 25.8. The van der Waals surface area contributed by atoms with Crippen LogP contribution in [-0.2, 0) is 0 Å². The fourth-order valence-corrected chi connectivity index (χ4v) is 1.98. The van der Waals surface area contributed by atoms with Gasteiger partial charge in [-0.3, -0.25) is 0 Å². The van der Waals surface area contributed by atoms with E-state index in [1.807, 2.05) is 12.1 Å². The summed E-state index contributed by atoms with van der Waals surface area (Å²) in [6.45, 7) is 4.30. The highest BCUT2D eigenvalue weighted by Gasteiger charge is 1.97. The Labute approximate surface area is 126 Å². The fourth-order valence-electron chi connectivity index (χ4n) is 1.98. The molecule has 0 saturated carbocycles. The van der Waals surface area contributed by atoms with Crippen LogP contribution < -0.4 is 0 Å². The molecule has 0 amide bonds. The molecule has 1 N–H and O–H groups in total. The van der Waals surface area contributed by atoms with E-state index in [9.17, 15) is 0 Å². The number of aromatic hydroxyl groups is 1. The monoisotopic (exact) mass is 276 g/mol. The number of para-hydroxylation sites is 1. The van der Waals surface area contributed by atoms with E-state index in [0.29, 0.717) is 5.75 Å². The second-order valence-electron chi connectivity index (χ2n) is 5.00. The van der Waals surface area contributed by atoms with Crippen molar-refractivity contribution in [1.29, 1.82) is 0 Å². The van der Waals surface area contributed by atoms with Crippen LogP contribution in [-0.4, -0.2) is 5.11 Å². The van der Waals surface area contributed by atoms with Gasteiger partial charge in [-0.25, -0.2) is 0 Å². The molecule has 0 atom stereocenters. The lowest BCUT2D eigenvalue weighted by molar-refractivity contribution is 0.475. The minimum Gasteiger partial charge on any atom is -0.508 e. The van der Waals surface area contributed by atoms with Crippen LogP contribution in [0.3, 0.4) is 0 Å². The Morgan fingerprint density at radius 1 is 0.571 bits per heavy atom. The smallest absolute Gasteiger partial charge is 0.115 e. The van der Waals surface area contributed by atoms with Crippen molar-refractivity contribution in [2.24, 2.45) is 0 Å². The van der Waals surface area contributed by atoms with Crippen molar-refractivity contribution < 1.29 is 5.11 Å². The first kappa shape index (κ1) is 14.9. The van der Waals surface area contributed by atoms with Crippen molar-refractivity contribution in [3.05, 3.63) is 90.0 Å². The first-order chi connectivity index (χ1) is 10.2. The molecule has 0 heterocycles. The van der Waals surface area contributed by atoms with E-state index in [1.165, 1.54) is 22.3 Å². The first-order valence-corrected chi connectivity index (χ1v) is 7.03. The van der Waals surface area contributed by atoms with Crippen LogP contribution in [0.4, 0.5) is 0 Å². The summed E-state index contributed by atoms with van der Waals surface area (Å²) < 4.78 is 0. The molecule has 0 saturated heterocycles. The Balaban J connectivity index is 0.000000194. The largest absolute Gasteiger partial charge is 0.508 e. The number of phenols is 1. The van der Waals surface area contributed by atoms with Gasteiger partial charge < -0.3 is 5.11 Å². The molecule has 0 unspecified atom stereocenters. The van der Waals surface area contributed by atoms with Crippen LogP contribution in [0.25, 0.3) is 11.1 Å². The topological polar surface area (TPSA) is 20.2 Å². The Bertz CT molecular complexity index is 673. The number of hydrogen-bond donors (Lipinski definition) is 1. The number of phenolic OH excluding ortho intramolecular Hbond substituents is 1. The number of rotatable bonds is 1. The Hall–Kier alpha value is -2.54. The summed E-state index contributed by atoms with van der Waals surface area (Å²) in [5.41, 5.74) is 5.29. The van der Waals surface area contributed by atoms with E-state index in [2.05, 4.69) is 56.3 Å². The fraction of sp³-hybridized carbons (Fsp3) is 0.100. The Morgan fingerprint density at radius 2 is 1.14 bits per heavy atom. The molecule has 106 valence electrons. The quantitative estimate of drug-likeness (QED) is 0.634. The average molecular weight is 276 g/mol. The summed E-state index contributed by atoms with van der Waals surface area (Å²) in [7, 11) is 0. The van der Waals surface area contributed by atoms with Crippen LogP contribution >= 0.6 is 0 Å². The third kappa shape index (κ3) is 4.50. The van der Waals surface area contributed by atoms with E-state index >= 15 is 0 Å². The third-order valence-corrected chi connectivity index (χ3v) is 3.37. The molecule has 1 nitrogen and oxygen atoms in total. The zero-order valence-corrected chi connectivity index (χ0v) is 12.5. The molecule has 21 heavy (non-hydrogen) atoms. The SMILES string of the molecule is Cc1ccc(-c2ccccc2)cc1C.Oc1ccccc1. The zero-order chi connectivity index (χ0) is 15.1. The molecule has 0 aliphatic carbocycles. The van der Waals surface area contributed by atoms with Crippen molar-refractivity contribution in [2.75, 3.05) is 0 Å². The highest BCUT2D eigenvalue weighted by atomic mass is 16.3. The lowest BCUT2D eigenvalue weighted by Crippen LogP contribution is -1.82. The summed E-state index contributed by atoms with van der Waals surface area (Å²) >= 11 is 0. The van der Waals surface area contributed by atoms with Crippen molar-refractivity contribution in [1.82, 2.24) is 0 Å². The van der Waals surface area contributed by atoms with Gasteiger partial charge in [-0.05, 0) is 48.2 Å². The van der Waals surface area contributed by atoms with Gasteiger partial charge in [0.15, 0.2) is 0 Å². The molecule has 3 aromatic rings. The van der Waals surface area contributed by atoms with Crippen LogP contribution in [0.2, 0.25) is 0 Å². The van der Waals surface area contributed by atoms with Gasteiger partial charge in [0.25, 0.3) is 0 Å². The lowest BCUT2D eigenvalue weighted by atomic mass is 10.0. The molecule has 0 aliphatic heterocycles. The van der Waals surface area contributed by atoms with Crippen LogP contribution in [0.5, 0.6) is 5.75 Å². The standard InChI is InChI=1S/C14H14.C6H6O/c1-11-8-9-14(10-12(11)2)13-6-4-3-5-7-13;7-6-4-2-1-3-5-6/h3-10H,1-2H3;1-5,7H. The minimum absolute atomic E-state index is 0.322. The normalized spacial score (nSPS) is 9.62. The zero-order valence-electron chi connectivity index (χ0n) is 12.5. The molecule has 0 aliphatic rings. The number of aryl methyl sites for hydroxylation is 2. The molecule has 3 aromatic carbocycles. The van der Waals surface area contributed by atoms with Crippen molar-refractivity contribution in [3.8, 4) is 16.9 Å². The maximum absolute atomic E-state index is 8.63. The Kier molecular flexibility index (Phi) is 5.16. The summed E-state index contributed by atoms with van der Waals surface area (Å²) in [4.78, 5) is 0. The second-order valence-corrected chi connectivity index (χ2v) is 5.00. The van der Waals surface area contributed by atoms with E-state index < -0.39 is 0 Å². The second kappa shape index (κ2) is 7.30. The van der Waals surface area contributed by atoms with E-state index in [0.717, 1.165) is 0 Å². The van der Waals surface area contributed by atoms with Gasteiger partial charge in [0, 0.05) is 0 Å². The molecule has 0 aromatic heterocycles. The summed E-state index contributed by atoms with van der Waals surface area (Å²) in [5, 5.41) is 8.63. The van der Waals surface area contributed by atoms with Gasteiger partial charge >= 0.3 is 0 Å². The highest BCUT2D eigenvalue weighted by Crippen LogP contribution is 2.21. The van der Waals surface area contributed by atoms with Gasteiger partial charge in [-0.1, -0.05) is 66.7 Å².